The van der Waals surface area contributed by atoms with Crippen molar-refractivity contribution in [2.24, 2.45) is 0 Å². The number of thioether (sulfide) groups is 1. The van der Waals surface area contributed by atoms with Crippen LogP contribution in [0.2, 0.25) is 0 Å². The lowest BCUT2D eigenvalue weighted by Gasteiger charge is -2.32. The smallest absolute Gasteiger partial charge is 0.148 e. The molecule has 132 valence electrons. The van der Waals surface area contributed by atoms with Crippen LogP contribution in [0.5, 0.6) is 0 Å². The number of benzene rings is 1. The number of rotatable bonds is 5. The Morgan fingerprint density at radius 2 is 1.92 bits per heavy atom. The third-order valence-corrected chi connectivity index (χ3v) is 5.85. The van der Waals surface area contributed by atoms with E-state index in [1.54, 1.807) is 11.8 Å². The lowest BCUT2D eigenvalue weighted by atomic mass is 10.2. The lowest BCUT2D eigenvalue weighted by Crippen LogP contribution is -2.44. The Kier molecular flexibility index (Phi) is 5.49. The van der Waals surface area contributed by atoms with Gasteiger partial charge in [-0.3, -0.25) is 9.88 Å². The SMILES string of the molecule is c1ccc(CSc2cncc(N3CCC(N4CCOCC4)C3)n2)cc1. The number of morpholine rings is 1. The maximum absolute atomic E-state index is 5.47. The minimum Gasteiger partial charge on any atom is -0.379 e. The highest BCUT2D eigenvalue weighted by Crippen LogP contribution is 2.25. The summed E-state index contributed by atoms with van der Waals surface area (Å²) in [5.74, 6) is 1.93. The van der Waals surface area contributed by atoms with Gasteiger partial charge in [0.25, 0.3) is 0 Å². The summed E-state index contributed by atoms with van der Waals surface area (Å²) in [5, 5.41) is 0.996. The highest BCUT2D eigenvalue weighted by Gasteiger charge is 2.29. The van der Waals surface area contributed by atoms with Crippen molar-refractivity contribution in [3.8, 4) is 0 Å². The van der Waals surface area contributed by atoms with E-state index in [0.717, 1.165) is 56.0 Å². The zero-order valence-corrected chi connectivity index (χ0v) is 15.2. The Balaban J connectivity index is 1.36. The molecule has 2 aliphatic heterocycles. The summed E-state index contributed by atoms with van der Waals surface area (Å²) < 4.78 is 5.47. The first kappa shape index (κ1) is 16.8. The van der Waals surface area contributed by atoms with Crippen LogP contribution in [0.3, 0.4) is 0 Å². The topological polar surface area (TPSA) is 41.5 Å². The third kappa shape index (κ3) is 4.32. The van der Waals surface area contributed by atoms with Crippen molar-refractivity contribution in [2.75, 3.05) is 44.3 Å². The number of hydrogen-bond donors (Lipinski definition) is 0. The summed E-state index contributed by atoms with van der Waals surface area (Å²) in [4.78, 5) is 14.2. The van der Waals surface area contributed by atoms with Crippen molar-refractivity contribution in [3.05, 3.63) is 48.3 Å². The van der Waals surface area contributed by atoms with E-state index >= 15 is 0 Å². The first-order chi connectivity index (χ1) is 12.4. The number of anilines is 1. The molecule has 0 aliphatic carbocycles. The molecule has 6 heteroatoms. The Morgan fingerprint density at radius 1 is 1.08 bits per heavy atom. The fourth-order valence-electron chi connectivity index (χ4n) is 3.48. The van der Waals surface area contributed by atoms with Gasteiger partial charge >= 0.3 is 0 Å². The van der Waals surface area contributed by atoms with Crippen LogP contribution in [0.15, 0.2) is 47.8 Å². The van der Waals surface area contributed by atoms with Crippen molar-refractivity contribution in [1.82, 2.24) is 14.9 Å². The third-order valence-electron chi connectivity index (χ3n) is 4.88. The van der Waals surface area contributed by atoms with Crippen LogP contribution in [-0.2, 0) is 10.5 Å². The molecule has 1 atom stereocenters. The van der Waals surface area contributed by atoms with E-state index in [1.807, 2.05) is 18.5 Å². The lowest BCUT2D eigenvalue weighted by molar-refractivity contribution is 0.0209. The van der Waals surface area contributed by atoms with Crippen molar-refractivity contribution in [2.45, 2.75) is 23.2 Å². The second kappa shape index (κ2) is 8.17. The Morgan fingerprint density at radius 3 is 2.76 bits per heavy atom. The number of hydrogen-bond acceptors (Lipinski definition) is 6. The van der Waals surface area contributed by atoms with E-state index in [2.05, 4.69) is 39.0 Å². The predicted molar refractivity (Wildman–Crippen MR) is 101 cm³/mol. The Bertz CT molecular complexity index is 678. The summed E-state index contributed by atoms with van der Waals surface area (Å²) in [7, 11) is 0. The molecule has 1 aromatic heterocycles. The molecule has 0 amide bonds. The molecule has 0 spiro atoms. The largest absolute Gasteiger partial charge is 0.379 e. The molecule has 2 aromatic rings. The molecule has 1 aromatic carbocycles. The van der Waals surface area contributed by atoms with E-state index in [0.29, 0.717) is 6.04 Å². The Labute approximate surface area is 153 Å². The quantitative estimate of drug-likeness (QED) is 0.768. The van der Waals surface area contributed by atoms with Gasteiger partial charge in [0.2, 0.25) is 0 Å². The maximum Gasteiger partial charge on any atom is 0.148 e. The predicted octanol–water partition coefficient (Wildman–Crippen LogP) is 2.68. The molecule has 2 aliphatic rings. The highest BCUT2D eigenvalue weighted by molar-refractivity contribution is 7.98. The molecule has 0 N–H and O–H groups in total. The second-order valence-electron chi connectivity index (χ2n) is 6.53. The van der Waals surface area contributed by atoms with Gasteiger partial charge < -0.3 is 9.64 Å². The molecule has 0 bridgehead atoms. The van der Waals surface area contributed by atoms with Crippen LogP contribution in [0.25, 0.3) is 0 Å². The average Bonchev–Trinajstić information content (AvgIpc) is 3.18. The highest BCUT2D eigenvalue weighted by atomic mass is 32.2. The zero-order valence-electron chi connectivity index (χ0n) is 14.4. The van der Waals surface area contributed by atoms with E-state index < -0.39 is 0 Å². The van der Waals surface area contributed by atoms with Gasteiger partial charge in [0.05, 0.1) is 25.6 Å². The summed E-state index contributed by atoms with van der Waals surface area (Å²) in [6.07, 6.45) is 4.96. The van der Waals surface area contributed by atoms with Crippen molar-refractivity contribution in [1.29, 1.82) is 0 Å². The van der Waals surface area contributed by atoms with Crippen LogP contribution < -0.4 is 4.90 Å². The van der Waals surface area contributed by atoms with Gasteiger partial charge in [-0.15, -0.1) is 11.8 Å². The molecular weight excluding hydrogens is 332 g/mol. The zero-order chi connectivity index (χ0) is 16.9. The molecule has 0 radical (unpaired) electrons. The van der Waals surface area contributed by atoms with Crippen LogP contribution in [-0.4, -0.2) is 60.3 Å². The molecule has 2 fully saturated rings. The summed E-state index contributed by atoms with van der Waals surface area (Å²) >= 11 is 1.75. The van der Waals surface area contributed by atoms with Crippen LogP contribution in [0.4, 0.5) is 5.82 Å². The fraction of sp³-hybridized carbons (Fsp3) is 0.474. The van der Waals surface area contributed by atoms with Crippen molar-refractivity contribution in [3.63, 3.8) is 0 Å². The van der Waals surface area contributed by atoms with Crippen LogP contribution in [0.1, 0.15) is 12.0 Å². The molecule has 4 rings (SSSR count). The van der Waals surface area contributed by atoms with Gasteiger partial charge in [-0.2, -0.15) is 0 Å². The van der Waals surface area contributed by atoms with Crippen molar-refractivity contribution < 1.29 is 4.74 Å². The molecule has 25 heavy (non-hydrogen) atoms. The van der Waals surface area contributed by atoms with E-state index in [1.165, 1.54) is 12.0 Å². The van der Waals surface area contributed by atoms with E-state index in [4.69, 9.17) is 9.72 Å². The van der Waals surface area contributed by atoms with Gasteiger partial charge in [0.1, 0.15) is 10.8 Å². The monoisotopic (exact) mass is 356 g/mol. The van der Waals surface area contributed by atoms with Gasteiger partial charge in [-0.25, -0.2) is 4.98 Å². The fourth-order valence-corrected chi connectivity index (χ4v) is 4.28. The van der Waals surface area contributed by atoms with Crippen molar-refractivity contribution >= 4 is 17.6 Å². The van der Waals surface area contributed by atoms with Gasteiger partial charge in [-0.05, 0) is 12.0 Å². The molecular formula is C19H24N4OS. The van der Waals surface area contributed by atoms with Crippen LogP contribution in [0, 0.1) is 0 Å². The first-order valence-electron chi connectivity index (χ1n) is 8.94. The molecule has 3 heterocycles. The second-order valence-corrected chi connectivity index (χ2v) is 7.52. The number of aromatic nitrogens is 2. The molecule has 0 saturated carbocycles. The minimum absolute atomic E-state index is 0.617. The molecule has 2 saturated heterocycles. The standard InChI is InChI=1S/C19H24N4OS/c1-2-4-16(5-3-1)15-25-19-13-20-12-18(21-19)23-7-6-17(14-23)22-8-10-24-11-9-22/h1-5,12-13,17H,6-11,14-15H2. The number of nitrogens with zero attached hydrogens (tertiary/aromatic N) is 4. The average molecular weight is 356 g/mol. The van der Waals surface area contributed by atoms with Gasteiger partial charge in [-0.1, -0.05) is 30.3 Å². The maximum atomic E-state index is 5.47. The normalized spacial score (nSPS) is 21.6. The summed E-state index contributed by atoms with van der Waals surface area (Å²) in [6.45, 7) is 5.93. The summed E-state index contributed by atoms with van der Waals surface area (Å²) in [6, 6.07) is 11.1. The Hall–Kier alpha value is -1.63. The van der Waals surface area contributed by atoms with E-state index in [9.17, 15) is 0 Å². The summed E-state index contributed by atoms with van der Waals surface area (Å²) in [5.41, 5.74) is 1.31. The molecule has 1 unspecified atom stereocenters. The first-order valence-corrected chi connectivity index (χ1v) is 9.92. The molecule has 5 nitrogen and oxygen atoms in total. The van der Waals surface area contributed by atoms with E-state index in [-0.39, 0.29) is 0 Å². The van der Waals surface area contributed by atoms with Gasteiger partial charge in [0.15, 0.2) is 0 Å². The minimum atomic E-state index is 0.617. The van der Waals surface area contributed by atoms with Crippen LogP contribution >= 0.6 is 11.8 Å². The number of ether oxygens (including phenoxy) is 1. The van der Waals surface area contributed by atoms with Gasteiger partial charge in [0, 0.05) is 38.0 Å².